The summed E-state index contributed by atoms with van der Waals surface area (Å²) in [6.07, 6.45) is 4.04. The molecular weight excluding hydrogens is 275 g/mol. The van der Waals surface area contributed by atoms with E-state index in [1.54, 1.807) is 12.1 Å². The van der Waals surface area contributed by atoms with Crippen LogP contribution in [0.1, 0.15) is 56.2 Å². The first-order valence-electron chi connectivity index (χ1n) is 7.55. The number of hydrogen-bond donors (Lipinski definition) is 1. The van der Waals surface area contributed by atoms with E-state index in [2.05, 4.69) is 11.4 Å². The lowest BCUT2D eigenvalue weighted by Gasteiger charge is -2.17. The summed E-state index contributed by atoms with van der Waals surface area (Å²) in [5, 5.41) is 3.38. The Labute approximate surface area is 124 Å². The summed E-state index contributed by atoms with van der Waals surface area (Å²) in [4.78, 5) is 0. The number of benzene rings is 1. The molecule has 1 aromatic carbocycles. The summed E-state index contributed by atoms with van der Waals surface area (Å²) in [7, 11) is 0. The molecule has 2 rings (SSSR count). The first kappa shape index (κ1) is 16.1. The normalized spacial score (nSPS) is 17.4. The summed E-state index contributed by atoms with van der Waals surface area (Å²) in [6, 6.07) is 5.48. The maximum absolute atomic E-state index is 12.5. The van der Waals surface area contributed by atoms with E-state index >= 15 is 0 Å². The van der Waals surface area contributed by atoms with Crippen molar-refractivity contribution in [1.29, 1.82) is 0 Å². The van der Waals surface area contributed by atoms with Crippen molar-refractivity contribution in [3.05, 3.63) is 47.0 Å². The molecule has 1 unspecified atom stereocenters. The Balaban J connectivity index is 1.82. The molecule has 1 atom stereocenters. The minimum Gasteiger partial charge on any atom is -0.310 e. The highest BCUT2D eigenvalue weighted by atomic mass is 19.4. The number of halogens is 3. The molecule has 0 fully saturated rings. The second kappa shape index (κ2) is 7.12. The van der Waals surface area contributed by atoms with Gasteiger partial charge in [-0.2, -0.15) is 13.2 Å². The van der Waals surface area contributed by atoms with Gasteiger partial charge in [0.15, 0.2) is 0 Å². The lowest BCUT2D eigenvalue weighted by molar-refractivity contribution is -0.137. The topological polar surface area (TPSA) is 12.0 Å². The molecule has 0 bridgehead atoms. The Morgan fingerprint density at radius 1 is 1.14 bits per heavy atom. The van der Waals surface area contributed by atoms with Crippen LogP contribution in [-0.2, 0) is 6.18 Å². The van der Waals surface area contributed by atoms with Crippen molar-refractivity contribution in [2.45, 2.75) is 51.2 Å². The zero-order chi connectivity index (χ0) is 15.3. The number of alkyl halides is 3. The van der Waals surface area contributed by atoms with Crippen molar-refractivity contribution in [3.8, 4) is 0 Å². The van der Waals surface area contributed by atoms with Crippen LogP contribution in [0.2, 0.25) is 0 Å². The van der Waals surface area contributed by atoms with E-state index in [0.29, 0.717) is 0 Å². The lowest BCUT2D eigenvalue weighted by Crippen LogP contribution is -2.20. The van der Waals surface area contributed by atoms with Crippen molar-refractivity contribution in [2.24, 2.45) is 0 Å². The van der Waals surface area contributed by atoms with E-state index in [-0.39, 0.29) is 6.04 Å². The fourth-order valence-corrected chi connectivity index (χ4v) is 2.66. The fourth-order valence-electron chi connectivity index (χ4n) is 2.66. The first-order chi connectivity index (χ1) is 9.97. The van der Waals surface area contributed by atoms with Crippen LogP contribution in [0.15, 0.2) is 35.9 Å². The van der Waals surface area contributed by atoms with Gasteiger partial charge in [0.2, 0.25) is 0 Å². The average Bonchev–Trinajstić information content (AvgIpc) is 2.47. The second-order valence-electron chi connectivity index (χ2n) is 5.65. The lowest BCUT2D eigenvalue weighted by atomic mass is 9.97. The van der Waals surface area contributed by atoms with Gasteiger partial charge in [-0.15, -0.1) is 0 Å². The molecule has 0 saturated heterocycles. The minimum absolute atomic E-state index is 0.0662. The maximum Gasteiger partial charge on any atom is 0.416 e. The van der Waals surface area contributed by atoms with Crippen molar-refractivity contribution in [3.63, 3.8) is 0 Å². The largest absolute Gasteiger partial charge is 0.416 e. The Hall–Kier alpha value is -1.29. The van der Waals surface area contributed by atoms with Gasteiger partial charge in [0.25, 0.3) is 0 Å². The average molecular weight is 297 g/mol. The van der Waals surface area contributed by atoms with Crippen LogP contribution >= 0.6 is 0 Å². The van der Waals surface area contributed by atoms with Crippen LogP contribution in [-0.4, -0.2) is 6.54 Å². The van der Waals surface area contributed by atoms with Crippen molar-refractivity contribution in [2.75, 3.05) is 6.54 Å². The van der Waals surface area contributed by atoms with Crippen LogP contribution in [0.5, 0.6) is 0 Å². The van der Waals surface area contributed by atoms with Gasteiger partial charge in [-0.05, 0) is 63.3 Å². The van der Waals surface area contributed by atoms with Crippen molar-refractivity contribution in [1.82, 2.24) is 5.32 Å². The van der Waals surface area contributed by atoms with Gasteiger partial charge in [0, 0.05) is 6.04 Å². The molecule has 1 N–H and O–H groups in total. The van der Waals surface area contributed by atoms with Crippen molar-refractivity contribution >= 4 is 0 Å². The molecule has 116 valence electrons. The van der Waals surface area contributed by atoms with Crippen molar-refractivity contribution < 1.29 is 13.2 Å². The van der Waals surface area contributed by atoms with Gasteiger partial charge < -0.3 is 5.32 Å². The highest BCUT2D eigenvalue weighted by Gasteiger charge is 2.30. The number of allylic oxidation sites excluding steroid dienone is 1. The Kier molecular flexibility index (Phi) is 5.45. The highest BCUT2D eigenvalue weighted by Crippen LogP contribution is 2.30. The molecule has 0 saturated carbocycles. The van der Waals surface area contributed by atoms with E-state index in [1.807, 2.05) is 6.92 Å². The molecule has 1 nitrogen and oxygen atoms in total. The van der Waals surface area contributed by atoms with Crippen LogP contribution in [0.4, 0.5) is 13.2 Å². The second-order valence-corrected chi connectivity index (χ2v) is 5.65. The summed E-state index contributed by atoms with van der Waals surface area (Å²) < 4.78 is 37.5. The molecule has 1 aliphatic carbocycles. The summed E-state index contributed by atoms with van der Waals surface area (Å²) >= 11 is 0. The van der Waals surface area contributed by atoms with Gasteiger partial charge in [-0.3, -0.25) is 0 Å². The zero-order valence-electron chi connectivity index (χ0n) is 12.3. The Morgan fingerprint density at radius 2 is 1.86 bits per heavy atom. The highest BCUT2D eigenvalue weighted by molar-refractivity contribution is 5.26. The molecule has 0 heterocycles. The Morgan fingerprint density at radius 3 is 2.43 bits per heavy atom. The third-order valence-electron chi connectivity index (χ3n) is 4.02. The number of nitrogens with one attached hydrogen (secondary N) is 1. The molecule has 1 aromatic rings. The molecular formula is C17H22F3N. The predicted molar refractivity (Wildman–Crippen MR) is 79.0 cm³/mol. The first-order valence-corrected chi connectivity index (χ1v) is 7.55. The van der Waals surface area contributed by atoms with Crippen LogP contribution in [0.25, 0.3) is 0 Å². The van der Waals surface area contributed by atoms with E-state index in [1.165, 1.54) is 31.3 Å². The van der Waals surface area contributed by atoms with Gasteiger partial charge in [0.05, 0.1) is 5.56 Å². The van der Waals surface area contributed by atoms with E-state index in [9.17, 15) is 13.2 Å². The predicted octanol–water partition coefficient (Wildman–Crippen LogP) is 5.25. The number of hydrogen-bond acceptors (Lipinski definition) is 1. The smallest absolute Gasteiger partial charge is 0.310 e. The Bertz CT molecular complexity index is 474. The van der Waals surface area contributed by atoms with Gasteiger partial charge in [0.1, 0.15) is 0 Å². The fraction of sp³-hybridized carbons (Fsp3) is 0.529. The molecule has 0 radical (unpaired) electrons. The molecule has 1 aliphatic rings. The standard InChI is InChI=1S/C17H22F3N/c1-13(21-12-11-14-5-3-2-4-6-14)15-7-9-16(10-8-15)17(18,19)20/h5,7-10,13,21H,2-4,6,11-12H2,1H3. The summed E-state index contributed by atoms with van der Waals surface area (Å²) in [5.41, 5.74) is 1.81. The molecule has 0 spiro atoms. The van der Waals surface area contributed by atoms with E-state index in [0.717, 1.165) is 30.7 Å². The zero-order valence-corrected chi connectivity index (χ0v) is 12.3. The van der Waals surface area contributed by atoms with Gasteiger partial charge in [-0.1, -0.05) is 23.8 Å². The SMILES string of the molecule is CC(NCCC1=CCCCC1)c1ccc(C(F)(F)F)cc1. The number of rotatable bonds is 5. The van der Waals surface area contributed by atoms with Crippen LogP contribution in [0.3, 0.4) is 0 Å². The molecule has 0 aromatic heterocycles. The van der Waals surface area contributed by atoms with Crippen LogP contribution < -0.4 is 5.32 Å². The maximum atomic E-state index is 12.5. The third-order valence-corrected chi connectivity index (χ3v) is 4.02. The summed E-state index contributed by atoms with van der Waals surface area (Å²) in [5.74, 6) is 0. The molecule has 0 amide bonds. The molecule has 0 aliphatic heterocycles. The third kappa shape index (κ3) is 4.88. The van der Waals surface area contributed by atoms with Crippen LogP contribution in [0, 0.1) is 0 Å². The summed E-state index contributed by atoms with van der Waals surface area (Å²) in [6.45, 7) is 2.85. The van der Waals surface area contributed by atoms with Gasteiger partial charge >= 0.3 is 6.18 Å². The quantitative estimate of drug-likeness (QED) is 0.732. The van der Waals surface area contributed by atoms with Gasteiger partial charge in [-0.25, -0.2) is 0 Å². The molecule has 21 heavy (non-hydrogen) atoms. The molecule has 4 heteroatoms. The minimum atomic E-state index is -4.26. The van der Waals surface area contributed by atoms with E-state index in [4.69, 9.17) is 0 Å². The van der Waals surface area contributed by atoms with E-state index < -0.39 is 11.7 Å². The monoisotopic (exact) mass is 297 g/mol.